The van der Waals surface area contributed by atoms with E-state index in [1.807, 2.05) is 19.1 Å². The third kappa shape index (κ3) is 7.49. The molecule has 0 heterocycles. The lowest BCUT2D eigenvalue weighted by molar-refractivity contribution is 0.0600. The van der Waals surface area contributed by atoms with E-state index in [1.54, 1.807) is 12.1 Å². The molecule has 1 fully saturated rings. The van der Waals surface area contributed by atoms with Gasteiger partial charge in [-0.2, -0.15) is 0 Å². The van der Waals surface area contributed by atoms with Crippen LogP contribution in [-0.2, 0) is 11.2 Å². The first-order valence-electron chi connectivity index (χ1n) is 9.02. The van der Waals surface area contributed by atoms with Gasteiger partial charge in [-0.1, -0.05) is 12.1 Å². The molecule has 0 radical (unpaired) electrons. The van der Waals surface area contributed by atoms with Crippen LogP contribution in [0.25, 0.3) is 0 Å². The summed E-state index contributed by atoms with van der Waals surface area (Å²) in [5.74, 6) is 0.510. The largest absolute Gasteiger partial charge is 0.465 e. The number of nitrogens with zero attached hydrogens (tertiary/aromatic N) is 1. The van der Waals surface area contributed by atoms with Gasteiger partial charge < -0.3 is 20.5 Å². The lowest BCUT2D eigenvalue weighted by atomic mass is 9.93. The van der Waals surface area contributed by atoms with Crippen LogP contribution in [-0.4, -0.2) is 49.4 Å². The zero-order valence-electron chi connectivity index (χ0n) is 15.5. The van der Waals surface area contributed by atoms with Gasteiger partial charge in [-0.3, -0.25) is 4.99 Å². The van der Waals surface area contributed by atoms with E-state index in [-0.39, 0.29) is 36.0 Å². The number of hydrogen-bond donors (Lipinski definition) is 3. The maximum atomic E-state index is 11.4. The Morgan fingerprint density at radius 1 is 1.23 bits per heavy atom. The summed E-state index contributed by atoms with van der Waals surface area (Å²) in [5, 5.41) is 16.3. The number of guanidine groups is 1. The van der Waals surface area contributed by atoms with Gasteiger partial charge in [0, 0.05) is 19.1 Å². The summed E-state index contributed by atoms with van der Waals surface area (Å²) < 4.78 is 4.70. The molecule has 0 aliphatic heterocycles. The SMILES string of the molecule is CCNC(=NCCc1ccc(C(=O)OC)cc1)NC1CCC(O)CC1.I. The minimum absolute atomic E-state index is 0. The van der Waals surface area contributed by atoms with Gasteiger partial charge in [-0.05, 0) is 56.7 Å². The maximum absolute atomic E-state index is 11.4. The number of methoxy groups -OCH3 is 1. The summed E-state index contributed by atoms with van der Waals surface area (Å²) in [4.78, 5) is 16.1. The van der Waals surface area contributed by atoms with E-state index in [4.69, 9.17) is 4.74 Å². The number of benzene rings is 1. The zero-order chi connectivity index (χ0) is 18.1. The molecular weight excluding hydrogens is 445 g/mol. The number of aliphatic hydroxyl groups is 1. The molecule has 1 aromatic carbocycles. The monoisotopic (exact) mass is 475 g/mol. The Hall–Kier alpha value is -1.35. The van der Waals surface area contributed by atoms with Crippen LogP contribution in [0.5, 0.6) is 0 Å². The predicted octanol–water partition coefficient (Wildman–Crippen LogP) is 2.49. The standard InChI is InChI=1S/C19H29N3O3.HI/c1-3-20-19(22-16-8-10-17(23)11-9-16)21-13-12-14-4-6-15(7-5-14)18(24)25-2;/h4-7,16-17,23H,3,8-13H2,1-2H3,(H2,20,21,22);1H. The van der Waals surface area contributed by atoms with Crippen molar-refractivity contribution in [2.75, 3.05) is 20.2 Å². The highest BCUT2D eigenvalue weighted by molar-refractivity contribution is 14.0. The van der Waals surface area contributed by atoms with Crippen molar-refractivity contribution in [2.24, 2.45) is 4.99 Å². The molecule has 2 rings (SSSR count). The van der Waals surface area contributed by atoms with Crippen LogP contribution in [0, 0.1) is 0 Å². The molecule has 0 amide bonds. The second-order valence-corrected chi connectivity index (χ2v) is 6.35. The second kappa shape index (κ2) is 12.1. The number of rotatable bonds is 6. The topological polar surface area (TPSA) is 83.0 Å². The zero-order valence-corrected chi connectivity index (χ0v) is 17.9. The van der Waals surface area contributed by atoms with Gasteiger partial charge in [0.15, 0.2) is 5.96 Å². The van der Waals surface area contributed by atoms with Gasteiger partial charge in [-0.15, -0.1) is 24.0 Å². The first-order chi connectivity index (χ1) is 12.1. The number of halogens is 1. The van der Waals surface area contributed by atoms with Crippen molar-refractivity contribution in [3.8, 4) is 0 Å². The molecule has 6 nitrogen and oxygen atoms in total. The third-order valence-electron chi connectivity index (χ3n) is 4.43. The molecule has 1 saturated carbocycles. The van der Waals surface area contributed by atoms with E-state index in [0.717, 1.165) is 50.2 Å². The van der Waals surface area contributed by atoms with E-state index in [1.165, 1.54) is 7.11 Å². The number of esters is 1. The van der Waals surface area contributed by atoms with E-state index in [2.05, 4.69) is 15.6 Å². The fourth-order valence-corrected chi connectivity index (χ4v) is 2.96. The summed E-state index contributed by atoms with van der Waals surface area (Å²) in [6.07, 6.45) is 4.31. The van der Waals surface area contributed by atoms with Gasteiger partial charge in [0.05, 0.1) is 18.8 Å². The van der Waals surface area contributed by atoms with Crippen molar-refractivity contribution in [2.45, 2.75) is 51.2 Å². The quantitative estimate of drug-likeness (QED) is 0.255. The van der Waals surface area contributed by atoms with E-state index in [9.17, 15) is 9.90 Å². The van der Waals surface area contributed by atoms with Crippen LogP contribution in [0.15, 0.2) is 29.3 Å². The fraction of sp³-hybridized carbons (Fsp3) is 0.579. The maximum Gasteiger partial charge on any atom is 0.337 e. The van der Waals surface area contributed by atoms with Crippen LogP contribution < -0.4 is 10.6 Å². The predicted molar refractivity (Wildman–Crippen MR) is 114 cm³/mol. The van der Waals surface area contributed by atoms with Gasteiger partial charge >= 0.3 is 5.97 Å². The number of nitrogens with one attached hydrogen (secondary N) is 2. The van der Waals surface area contributed by atoms with Gasteiger partial charge in [-0.25, -0.2) is 4.79 Å². The van der Waals surface area contributed by atoms with Crippen molar-refractivity contribution in [3.05, 3.63) is 35.4 Å². The third-order valence-corrected chi connectivity index (χ3v) is 4.43. The van der Waals surface area contributed by atoms with Crippen molar-refractivity contribution < 1.29 is 14.6 Å². The summed E-state index contributed by atoms with van der Waals surface area (Å²) in [5.41, 5.74) is 1.69. The van der Waals surface area contributed by atoms with Crippen molar-refractivity contribution in [1.29, 1.82) is 0 Å². The smallest absolute Gasteiger partial charge is 0.337 e. The lowest BCUT2D eigenvalue weighted by Gasteiger charge is -2.27. The number of carbonyl (C=O) groups excluding carboxylic acids is 1. The Bertz CT molecular complexity index is 570. The normalized spacial score (nSPS) is 20.0. The number of aliphatic hydroxyl groups excluding tert-OH is 1. The summed E-state index contributed by atoms with van der Waals surface area (Å²) in [7, 11) is 1.38. The highest BCUT2D eigenvalue weighted by atomic mass is 127. The Balaban J connectivity index is 0.00000338. The van der Waals surface area contributed by atoms with Gasteiger partial charge in [0.2, 0.25) is 0 Å². The Morgan fingerprint density at radius 2 is 1.88 bits per heavy atom. The number of aliphatic imine (C=N–C) groups is 1. The minimum Gasteiger partial charge on any atom is -0.465 e. The minimum atomic E-state index is -0.319. The molecule has 1 aliphatic rings. The second-order valence-electron chi connectivity index (χ2n) is 6.35. The first-order valence-corrected chi connectivity index (χ1v) is 9.02. The molecule has 26 heavy (non-hydrogen) atoms. The average molecular weight is 475 g/mol. The van der Waals surface area contributed by atoms with Crippen LogP contribution in [0.3, 0.4) is 0 Å². The molecule has 3 N–H and O–H groups in total. The van der Waals surface area contributed by atoms with Crippen LogP contribution in [0.2, 0.25) is 0 Å². The Labute approximate surface area is 172 Å². The highest BCUT2D eigenvalue weighted by Gasteiger charge is 2.19. The Kier molecular flexibility index (Phi) is 10.6. The fourth-order valence-electron chi connectivity index (χ4n) is 2.96. The van der Waals surface area contributed by atoms with Crippen molar-refractivity contribution >= 4 is 35.9 Å². The molecule has 7 heteroatoms. The first kappa shape index (κ1) is 22.7. The Morgan fingerprint density at radius 3 is 2.46 bits per heavy atom. The summed E-state index contributed by atoms with van der Waals surface area (Å²) >= 11 is 0. The molecule has 1 aromatic rings. The number of ether oxygens (including phenoxy) is 1. The van der Waals surface area contributed by atoms with E-state index in [0.29, 0.717) is 18.2 Å². The molecule has 1 aliphatic carbocycles. The molecule has 146 valence electrons. The van der Waals surface area contributed by atoms with Crippen molar-refractivity contribution in [1.82, 2.24) is 10.6 Å². The molecule has 0 spiro atoms. The number of carbonyl (C=O) groups is 1. The molecule has 0 unspecified atom stereocenters. The summed E-state index contributed by atoms with van der Waals surface area (Å²) in [6.45, 7) is 3.53. The lowest BCUT2D eigenvalue weighted by Crippen LogP contribution is -2.45. The summed E-state index contributed by atoms with van der Waals surface area (Å²) in [6, 6.07) is 7.80. The van der Waals surface area contributed by atoms with E-state index < -0.39 is 0 Å². The number of hydrogen-bond acceptors (Lipinski definition) is 4. The van der Waals surface area contributed by atoms with Crippen molar-refractivity contribution in [3.63, 3.8) is 0 Å². The van der Waals surface area contributed by atoms with E-state index >= 15 is 0 Å². The average Bonchev–Trinajstić information content (AvgIpc) is 2.63. The molecule has 0 bridgehead atoms. The highest BCUT2D eigenvalue weighted by Crippen LogP contribution is 2.18. The van der Waals surface area contributed by atoms with Gasteiger partial charge in [0.1, 0.15) is 0 Å². The van der Waals surface area contributed by atoms with Crippen LogP contribution in [0.4, 0.5) is 0 Å². The molecule has 0 saturated heterocycles. The van der Waals surface area contributed by atoms with Crippen LogP contribution >= 0.6 is 24.0 Å². The molecule has 0 atom stereocenters. The molecular formula is C19H30IN3O3. The van der Waals surface area contributed by atoms with Crippen LogP contribution in [0.1, 0.15) is 48.5 Å². The molecule has 0 aromatic heterocycles. The van der Waals surface area contributed by atoms with Gasteiger partial charge in [0.25, 0.3) is 0 Å².